The fourth-order valence-electron chi connectivity index (χ4n) is 1.48. The van der Waals surface area contributed by atoms with Crippen LogP contribution in [0, 0.1) is 5.41 Å². The van der Waals surface area contributed by atoms with Gasteiger partial charge in [-0.2, -0.15) is 5.48 Å². The molecular weight excluding hydrogens is 230 g/mol. The van der Waals surface area contributed by atoms with Crippen molar-refractivity contribution in [2.45, 2.75) is 33.4 Å². The number of ether oxygens (including phenoxy) is 1. The van der Waals surface area contributed by atoms with Gasteiger partial charge in [0.05, 0.1) is 13.7 Å². The lowest BCUT2D eigenvalue weighted by Crippen LogP contribution is -2.46. The molecule has 0 bridgehead atoms. The highest BCUT2D eigenvalue weighted by molar-refractivity contribution is 5.76. The summed E-state index contributed by atoms with van der Waals surface area (Å²) >= 11 is 0. The molecule has 0 amide bonds. The van der Waals surface area contributed by atoms with Gasteiger partial charge >= 0.3 is 5.97 Å². The number of carbonyl (C=O) groups is 1. The second-order valence-electron chi connectivity index (χ2n) is 5.21. The van der Waals surface area contributed by atoms with Crippen LogP contribution in [0.4, 0.5) is 0 Å². The first kappa shape index (κ1) is 14.7. The van der Waals surface area contributed by atoms with E-state index in [-0.39, 0.29) is 11.4 Å². The zero-order valence-electron chi connectivity index (χ0n) is 11.4. The number of esters is 1. The van der Waals surface area contributed by atoms with Crippen molar-refractivity contribution in [1.82, 2.24) is 5.48 Å². The first-order valence-electron chi connectivity index (χ1n) is 5.94. The molecule has 0 aliphatic heterocycles. The van der Waals surface area contributed by atoms with E-state index in [1.807, 2.05) is 51.1 Å². The van der Waals surface area contributed by atoms with Crippen molar-refractivity contribution >= 4 is 5.97 Å². The van der Waals surface area contributed by atoms with Gasteiger partial charge in [-0.25, -0.2) is 0 Å². The van der Waals surface area contributed by atoms with Gasteiger partial charge in [0.2, 0.25) is 0 Å². The van der Waals surface area contributed by atoms with E-state index in [1.165, 1.54) is 7.11 Å². The van der Waals surface area contributed by atoms with Crippen LogP contribution in [0.2, 0.25) is 0 Å². The average Bonchev–Trinajstić information content (AvgIpc) is 2.33. The van der Waals surface area contributed by atoms with Gasteiger partial charge in [-0.05, 0) is 11.0 Å². The highest BCUT2D eigenvalue weighted by Gasteiger charge is 2.32. The summed E-state index contributed by atoms with van der Waals surface area (Å²) < 4.78 is 4.76. The van der Waals surface area contributed by atoms with Crippen LogP contribution < -0.4 is 5.48 Å². The van der Waals surface area contributed by atoms with E-state index in [2.05, 4.69) is 5.48 Å². The van der Waals surface area contributed by atoms with Gasteiger partial charge in [-0.3, -0.25) is 9.63 Å². The summed E-state index contributed by atoms with van der Waals surface area (Å²) in [5.41, 5.74) is 3.55. The summed E-state index contributed by atoms with van der Waals surface area (Å²) in [6.07, 6.45) is 0. The van der Waals surface area contributed by atoms with Crippen molar-refractivity contribution in [3.8, 4) is 0 Å². The molecule has 0 aliphatic rings. The first-order chi connectivity index (χ1) is 8.45. The molecule has 18 heavy (non-hydrogen) atoms. The molecule has 0 spiro atoms. The number of hydroxylamine groups is 1. The third-order valence-electron chi connectivity index (χ3n) is 2.59. The summed E-state index contributed by atoms with van der Waals surface area (Å²) in [6.45, 7) is 6.26. The molecule has 1 aromatic carbocycles. The maximum Gasteiger partial charge on any atom is 0.325 e. The molecule has 1 aromatic rings. The van der Waals surface area contributed by atoms with E-state index in [0.717, 1.165) is 5.56 Å². The maximum absolute atomic E-state index is 11.6. The van der Waals surface area contributed by atoms with E-state index >= 15 is 0 Å². The van der Waals surface area contributed by atoms with Crippen molar-refractivity contribution in [2.75, 3.05) is 7.11 Å². The first-order valence-corrected chi connectivity index (χ1v) is 5.94. The van der Waals surface area contributed by atoms with Crippen LogP contribution in [-0.4, -0.2) is 19.1 Å². The zero-order valence-corrected chi connectivity index (χ0v) is 11.4. The zero-order chi connectivity index (χ0) is 13.6. The molecule has 0 unspecified atom stereocenters. The summed E-state index contributed by atoms with van der Waals surface area (Å²) in [4.78, 5) is 17.0. The van der Waals surface area contributed by atoms with Gasteiger partial charge in [0.25, 0.3) is 0 Å². The third-order valence-corrected chi connectivity index (χ3v) is 2.59. The second kappa shape index (κ2) is 6.52. The Morgan fingerprint density at radius 2 is 1.89 bits per heavy atom. The standard InChI is InChI=1S/C14H21NO3/c1-14(2,3)12(13(16)17-4)15-18-10-11-8-6-5-7-9-11/h5-9,12,15H,10H2,1-4H3/t12-/m0/s1. The van der Waals surface area contributed by atoms with Gasteiger partial charge in [-0.1, -0.05) is 51.1 Å². The van der Waals surface area contributed by atoms with Crippen LogP contribution in [0.1, 0.15) is 26.3 Å². The van der Waals surface area contributed by atoms with Crippen LogP contribution in [0.25, 0.3) is 0 Å². The van der Waals surface area contributed by atoms with Crippen LogP contribution in [0.15, 0.2) is 30.3 Å². The molecule has 1 rings (SSSR count). The average molecular weight is 251 g/mol. The molecule has 100 valence electrons. The molecule has 0 saturated heterocycles. The molecule has 1 atom stereocenters. The van der Waals surface area contributed by atoms with Crippen molar-refractivity contribution in [3.63, 3.8) is 0 Å². The number of hydrogen-bond donors (Lipinski definition) is 1. The highest BCUT2D eigenvalue weighted by atomic mass is 16.6. The number of nitrogens with one attached hydrogen (secondary N) is 1. The number of hydrogen-bond acceptors (Lipinski definition) is 4. The van der Waals surface area contributed by atoms with Crippen molar-refractivity contribution < 1.29 is 14.4 Å². The molecule has 0 radical (unpaired) electrons. The van der Waals surface area contributed by atoms with Gasteiger partial charge in [0.1, 0.15) is 6.04 Å². The maximum atomic E-state index is 11.6. The fraction of sp³-hybridized carbons (Fsp3) is 0.500. The SMILES string of the molecule is COC(=O)[C@H](NOCc1ccccc1)C(C)(C)C. The molecule has 0 aromatic heterocycles. The summed E-state index contributed by atoms with van der Waals surface area (Å²) in [5, 5.41) is 0. The summed E-state index contributed by atoms with van der Waals surface area (Å²) in [6, 6.07) is 9.27. The normalized spacial score (nSPS) is 13.1. The van der Waals surface area contributed by atoms with Crippen LogP contribution in [0.3, 0.4) is 0 Å². The molecule has 0 aliphatic carbocycles. The quantitative estimate of drug-likeness (QED) is 0.644. The lowest BCUT2D eigenvalue weighted by Gasteiger charge is -2.28. The lowest BCUT2D eigenvalue weighted by molar-refractivity contribution is -0.153. The van der Waals surface area contributed by atoms with E-state index in [4.69, 9.17) is 9.57 Å². The number of methoxy groups -OCH3 is 1. The van der Waals surface area contributed by atoms with Gasteiger partial charge in [0, 0.05) is 0 Å². The largest absolute Gasteiger partial charge is 0.468 e. The van der Waals surface area contributed by atoms with Crippen LogP contribution in [0.5, 0.6) is 0 Å². The Hall–Kier alpha value is -1.39. The molecular formula is C14H21NO3. The van der Waals surface area contributed by atoms with Crippen LogP contribution >= 0.6 is 0 Å². The Bertz CT molecular complexity index is 370. The Balaban J connectivity index is 2.51. The number of benzene rings is 1. The molecule has 1 N–H and O–H groups in total. The Kier molecular flexibility index (Phi) is 5.31. The number of rotatable bonds is 5. The van der Waals surface area contributed by atoms with Gasteiger partial charge in [0.15, 0.2) is 0 Å². The lowest BCUT2D eigenvalue weighted by atomic mass is 9.87. The molecule has 0 fully saturated rings. The number of carbonyl (C=O) groups excluding carboxylic acids is 1. The molecule has 0 saturated carbocycles. The van der Waals surface area contributed by atoms with Crippen LogP contribution in [-0.2, 0) is 21.0 Å². The molecule has 0 heterocycles. The van der Waals surface area contributed by atoms with E-state index < -0.39 is 6.04 Å². The Morgan fingerprint density at radius 3 is 2.39 bits per heavy atom. The minimum absolute atomic E-state index is 0.274. The Labute approximate surface area is 108 Å². The smallest absolute Gasteiger partial charge is 0.325 e. The van der Waals surface area contributed by atoms with Gasteiger partial charge in [-0.15, -0.1) is 0 Å². The summed E-state index contributed by atoms with van der Waals surface area (Å²) in [5.74, 6) is -0.324. The van der Waals surface area contributed by atoms with Gasteiger partial charge < -0.3 is 4.74 Å². The summed E-state index contributed by atoms with van der Waals surface area (Å²) in [7, 11) is 1.37. The second-order valence-corrected chi connectivity index (χ2v) is 5.21. The molecule has 4 nitrogen and oxygen atoms in total. The fourth-order valence-corrected chi connectivity index (χ4v) is 1.48. The van der Waals surface area contributed by atoms with E-state index in [1.54, 1.807) is 0 Å². The predicted octanol–water partition coefficient (Wildman–Crippen LogP) is 2.30. The predicted molar refractivity (Wildman–Crippen MR) is 69.6 cm³/mol. The third kappa shape index (κ3) is 4.47. The highest BCUT2D eigenvalue weighted by Crippen LogP contribution is 2.20. The van der Waals surface area contributed by atoms with E-state index in [9.17, 15) is 4.79 Å². The topological polar surface area (TPSA) is 47.6 Å². The monoisotopic (exact) mass is 251 g/mol. The van der Waals surface area contributed by atoms with E-state index in [0.29, 0.717) is 6.61 Å². The minimum atomic E-state index is -0.494. The Morgan fingerprint density at radius 1 is 1.28 bits per heavy atom. The molecule has 4 heteroatoms. The van der Waals surface area contributed by atoms with Crippen molar-refractivity contribution in [2.24, 2.45) is 5.41 Å². The van der Waals surface area contributed by atoms with Crippen molar-refractivity contribution in [3.05, 3.63) is 35.9 Å². The minimum Gasteiger partial charge on any atom is -0.468 e. The van der Waals surface area contributed by atoms with Crippen molar-refractivity contribution in [1.29, 1.82) is 0 Å².